The molecular weight excluding hydrogens is 167 g/mol. The number of nitrogen functional groups attached to an aromatic ring is 1. The van der Waals surface area contributed by atoms with Crippen LogP contribution in [-0.4, -0.2) is 4.98 Å². The van der Waals surface area contributed by atoms with Crippen LogP contribution in [0.2, 0.25) is 0 Å². The SMILES string of the molecule is CCCC(C)c1cc(F)cnc1N. The van der Waals surface area contributed by atoms with Crippen molar-refractivity contribution in [2.75, 3.05) is 5.73 Å². The first-order valence-electron chi connectivity index (χ1n) is 4.56. The molecule has 0 saturated heterocycles. The first-order valence-corrected chi connectivity index (χ1v) is 4.56. The fourth-order valence-electron chi connectivity index (χ4n) is 1.45. The first kappa shape index (κ1) is 9.96. The van der Waals surface area contributed by atoms with Gasteiger partial charge in [0, 0.05) is 0 Å². The number of anilines is 1. The minimum Gasteiger partial charge on any atom is -0.383 e. The summed E-state index contributed by atoms with van der Waals surface area (Å²) in [7, 11) is 0. The van der Waals surface area contributed by atoms with Gasteiger partial charge in [-0.2, -0.15) is 0 Å². The number of pyridine rings is 1. The Morgan fingerprint density at radius 1 is 1.62 bits per heavy atom. The molecule has 0 aromatic carbocycles. The highest BCUT2D eigenvalue weighted by Gasteiger charge is 2.09. The second kappa shape index (κ2) is 4.21. The largest absolute Gasteiger partial charge is 0.383 e. The summed E-state index contributed by atoms with van der Waals surface area (Å²) in [5.74, 6) is 0.419. The Morgan fingerprint density at radius 3 is 2.92 bits per heavy atom. The second-order valence-electron chi connectivity index (χ2n) is 3.32. The highest BCUT2D eigenvalue weighted by molar-refractivity contribution is 5.41. The summed E-state index contributed by atoms with van der Waals surface area (Å²) >= 11 is 0. The van der Waals surface area contributed by atoms with E-state index in [9.17, 15) is 4.39 Å². The van der Waals surface area contributed by atoms with Gasteiger partial charge >= 0.3 is 0 Å². The molecule has 0 saturated carbocycles. The van der Waals surface area contributed by atoms with Gasteiger partial charge in [-0.15, -0.1) is 0 Å². The molecule has 1 aromatic rings. The van der Waals surface area contributed by atoms with Crippen LogP contribution in [0.25, 0.3) is 0 Å². The van der Waals surface area contributed by atoms with E-state index in [1.165, 1.54) is 6.07 Å². The third kappa shape index (κ3) is 2.41. The lowest BCUT2D eigenvalue weighted by Crippen LogP contribution is -2.02. The summed E-state index contributed by atoms with van der Waals surface area (Å²) in [5, 5.41) is 0. The second-order valence-corrected chi connectivity index (χ2v) is 3.32. The Hall–Kier alpha value is -1.12. The first-order chi connectivity index (χ1) is 6.15. The van der Waals surface area contributed by atoms with Crippen LogP contribution < -0.4 is 5.73 Å². The maximum absolute atomic E-state index is 12.8. The highest BCUT2D eigenvalue weighted by Crippen LogP contribution is 2.24. The monoisotopic (exact) mass is 182 g/mol. The van der Waals surface area contributed by atoms with Crippen molar-refractivity contribution in [1.29, 1.82) is 0 Å². The van der Waals surface area contributed by atoms with Crippen LogP contribution in [0.15, 0.2) is 12.3 Å². The van der Waals surface area contributed by atoms with Gasteiger partial charge in [-0.05, 0) is 24.0 Å². The Morgan fingerprint density at radius 2 is 2.31 bits per heavy atom. The number of hydrogen-bond acceptors (Lipinski definition) is 2. The minimum absolute atomic E-state index is 0.285. The van der Waals surface area contributed by atoms with Gasteiger partial charge < -0.3 is 5.73 Å². The smallest absolute Gasteiger partial charge is 0.141 e. The fraction of sp³-hybridized carbons (Fsp3) is 0.500. The summed E-state index contributed by atoms with van der Waals surface area (Å²) < 4.78 is 12.8. The van der Waals surface area contributed by atoms with Crippen molar-refractivity contribution in [2.24, 2.45) is 0 Å². The van der Waals surface area contributed by atoms with Crippen molar-refractivity contribution in [3.8, 4) is 0 Å². The average molecular weight is 182 g/mol. The summed E-state index contributed by atoms with van der Waals surface area (Å²) in [4.78, 5) is 3.78. The molecule has 1 heterocycles. The molecule has 0 amide bonds. The predicted molar refractivity (Wildman–Crippen MR) is 51.9 cm³/mol. The zero-order valence-electron chi connectivity index (χ0n) is 8.05. The van der Waals surface area contributed by atoms with Crippen LogP contribution in [0.3, 0.4) is 0 Å². The molecule has 1 aromatic heterocycles. The van der Waals surface area contributed by atoms with E-state index in [1.54, 1.807) is 0 Å². The summed E-state index contributed by atoms with van der Waals surface area (Å²) in [6, 6.07) is 1.47. The third-order valence-corrected chi connectivity index (χ3v) is 2.17. The number of aromatic nitrogens is 1. The van der Waals surface area contributed by atoms with E-state index in [2.05, 4.69) is 11.9 Å². The van der Waals surface area contributed by atoms with E-state index in [-0.39, 0.29) is 11.7 Å². The summed E-state index contributed by atoms with van der Waals surface area (Å²) in [6.45, 7) is 4.13. The third-order valence-electron chi connectivity index (χ3n) is 2.17. The van der Waals surface area contributed by atoms with Crippen molar-refractivity contribution >= 4 is 5.82 Å². The van der Waals surface area contributed by atoms with Crippen molar-refractivity contribution in [1.82, 2.24) is 4.98 Å². The molecule has 1 unspecified atom stereocenters. The lowest BCUT2D eigenvalue weighted by molar-refractivity contribution is 0.607. The summed E-state index contributed by atoms with van der Waals surface area (Å²) in [5.41, 5.74) is 6.46. The van der Waals surface area contributed by atoms with Crippen LogP contribution in [0, 0.1) is 5.82 Å². The number of rotatable bonds is 3. The highest BCUT2D eigenvalue weighted by atomic mass is 19.1. The Labute approximate surface area is 78.0 Å². The summed E-state index contributed by atoms with van der Waals surface area (Å²) in [6.07, 6.45) is 3.23. The van der Waals surface area contributed by atoms with Crippen LogP contribution in [0.5, 0.6) is 0 Å². The van der Waals surface area contributed by atoms with Crippen LogP contribution in [-0.2, 0) is 0 Å². The Kier molecular flexibility index (Phi) is 3.23. The molecule has 0 aliphatic rings. The number of nitrogens with two attached hydrogens (primary N) is 1. The quantitative estimate of drug-likeness (QED) is 0.780. The van der Waals surface area contributed by atoms with Crippen LogP contribution >= 0.6 is 0 Å². The molecule has 3 heteroatoms. The number of hydrogen-bond donors (Lipinski definition) is 1. The van der Waals surface area contributed by atoms with E-state index in [4.69, 9.17) is 5.73 Å². The van der Waals surface area contributed by atoms with Crippen molar-refractivity contribution < 1.29 is 4.39 Å². The molecule has 72 valence electrons. The molecule has 0 aliphatic carbocycles. The molecule has 0 radical (unpaired) electrons. The van der Waals surface area contributed by atoms with Crippen molar-refractivity contribution in [3.63, 3.8) is 0 Å². The maximum atomic E-state index is 12.8. The van der Waals surface area contributed by atoms with Crippen molar-refractivity contribution in [2.45, 2.75) is 32.6 Å². The van der Waals surface area contributed by atoms with Gasteiger partial charge in [-0.3, -0.25) is 0 Å². The molecule has 2 nitrogen and oxygen atoms in total. The van der Waals surface area contributed by atoms with Gasteiger partial charge in [-0.1, -0.05) is 20.3 Å². The van der Waals surface area contributed by atoms with Gasteiger partial charge in [0.15, 0.2) is 0 Å². The molecule has 1 rings (SSSR count). The average Bonchev–Trinajstić information content (AvgIpc) is 2.09. The van der Waals surface area contributed by atoms with Crippen LogP contribution in [0.4, 0.5) is 10.2 Å². The zero-order chi connectivity index (χ0) is 9.84. The maximum Gasteiger partial charge on any atom is 0.141 e. The van der Waals surface area contributed by atoms with Gasteiger partial charge in [0.05, 0.1) is 6.20 Å². The topological polar surface area (TPSA) is 38.9 Å². The van der Waals surface area contributed by atoms with E-state index in [1.807, 2.05) is 6.92 Å². The number of nitrogens with zero attached hydrogens (tertiary/aromatic N) is 1. The molecular formula is C10H15FN2. The molecule has 0 spiro atoms. The lowest BCUT2D eigenvalue weighted by atomic mass is 9.97. The van der Waals surface area contributed by atoms with Gasteiger partial charge in [0.2, 0.25) is 0 Å². The lowest BCUT2D eigenvalue weighted by Gasteiger charge is -2.12. The minimum atomic E-state index is -0.313. The molecule has 0 fully saturated rings. The van der Waals surface area contributed by atoms with E-state index < -0.39 is 0 Å². The Balaban J connectivity index is 2.91. The van der Waals surface area contributed by atoms with E-state index in [0.29, 0.717) is 5.82 Å². The van der Waals surface area contributed by atoms with Crippen LogP contribution in [0.1, 0.15) is 38.2 Å². The number of halogens is 1. The molecule has 2 N–H and O–H groups in total. The zero-order valence-corrected chi connectivity index (χ0v) is 8.05. The van der Waals surface area contributed by atoms with Gasteiger partial charge in [0.1, 0.15) is 11.6 Å². The Bertz CT molecular complexity index is 286. The molecule has 1 atom stereocenters. The molecule has 0 bridgehead atoms. The van der Waals surface area contributed by atoms with Gasteiger partial charge in [0.25, 0.3) is 0 Å². The normalized spacial score (nSPS) is 12.8. The van der Waals surface area contributed by atoms with Gasteiger partial charge in [-0.25, -0.2) is 9.37 Å². The standard InChI is InChI=1S/C10H15FN2/c1-3-4-7(2)9-5-8(11)6-13-10(9)12/h5-7H,3-4H2,1-2H3,(H2,12,13). The molecule has 13 heavy (non-hydrogen) atoms. The molecule has 0 aliphatic heterocycles. The van der Waals surface area contributed by atoms with E-state index >= 15 is 0 Å². The van der Waals surface area contributed by atoms with E-state index in [0.717, 1.165) is 24.6 Å². The fourth-order valence-corrected chi connectivity index (χ4v) is 1.45. The van der Waals surface area contributed by atoms with Crippen molar-refractivity contribution in [3.05, 3.63) is 23.6 Å². The predicted octanol–water partition coefficient (Wildman–Crippen LogP) is 2.71.